The van der Waals surface area contributed by atoms with Crippen LogP contribution in [0.2, 0.25) is 0 Å². The lowest BCUT2D eigenvalue weighted by Crippen LogP contribution is -2.53. The Morgan fingerprint density at radius 1 is 1.05 bits per heavy atom. The number of piperazine rings is 1. The molecular formula is C15H22N2O5. The molecule has 0 saturated carbocycles. The molecule has 7 heteroatoms. The minimum atomic E-state index is -0.923. The fourth-order valence-electron chi connectivity index (χ4n) is 2.92. The zero-order valence-electron chi connectivity index (χ0n) is 12.7. The number of nitrogens with zero attached hydrogens (tertiary/aromatic N) is 2. The normalized spacial score (nSPS) is 25.0. The highest BCUT2D eigenvalue weighted by molar-refractivity contribution is 5.85. The van der Waals surface area contributed by atoms with E-state index in [1.807, 2.05) is 12.2 Å². The standard InChI is InChI=1S/C15H22N2O5/c1-2-22-15(21)17-9-7-16(8-10-17)13(18)11-5-3-4-6-12(11)14(19)20/h3-4,11-12H,2,5-10H2,1H3,(H,19,20). The van der Waals surface area contributed by atoms with Crippen LogP contribution in [0.1, 0.15) is 19.8 Å². The summed E-state index contributed by atoms with van der Waals surface area (Å²) in [5.41, 5.74) is 0. The summed E-state index contributed by atoms with van der Waals surface area (Å²) in [5.74, 6) is -2.20. The zero-order valence-corrected chi connectivity index (χ0v) is 12.7. The molecular weight excluding hydrogens is 288 g/mol. The van der Waals surface area contributed by atoms with E-state index in [9.17, 15) is 19.5 Å². The third-order valence-electron chi connectivity index (χ3n) is 4.18. The lowest BCUT2D eigenvalue weighted by molar-refractivity contribution is -0.151. The summed E-state index contributed by atoms with van der Waals surface area (Å²) in [4.78, 5) is 38.7. The Kier molecular flexibility index (Phi) is 5.41. The lowest BCUT2D eigenvalue weighted by Gasteiger charge is -2.37. The van der Waals surface area contributed by atoms with Crippen LogP contribution in [0.3, 0.4) is 0 Å². The smallest absolute Gasteiger partial charge is 0.409 e. The Bertz CT molecular complexity index is 469. The van der Waals surface area contributed by atoms with E-state index in [1.54, 1.807) is 16.7 Å². The number of amides is 2. The van der Waals surface area contributed by atoms with Crippen molar-refractivity contribution in [2.45, 2.75) is 19.8 Å². The van der Waals surface area contributed by atoms with Gasteiger partial charge < -0.3 is 19.6 Å². The van der Waals surface area contributed by atoms with E-state index >= 15 is 0 Å². The molecule has 0 spiro atoms. The van der Waals surface area contributed by atoms with Crippen LogP contribution < -0.4 is 0 Å². The number of carboxylic acid groups (broad SMARTS) is 1. The Hall–Kier alpha value is -2.05. The van der Waals surface area contributed by atoms with Gasteiger partial charge in [0.1, 0.15) is 0 Å². The van der Waals surface area contributed by atoms with Gasteiger partial charge in [-0.3, -0.25) is 9.59 Å². The molecule has 1 aliphatic heterocycles. The minimum absolute atomic E-state index is 0.125. The third-order valence-corrected chi connectivity index (χ3v) is 4.18. The van der Waals surface area contributed by atoms with E-state index < -0.39 is 17.8 Å². The van der Waals surface area contributed by atoms with Crippen LogP contribution in [0.15, 0.2) is 12.2 Å². The maximum atomic E-state index is 12.6. The first-order chi connectivity index (χ1) is 10.5. The monoisotopic (exact) mass is 310 g/mol. The van der Waals surface area contributed by atoms with Crippen LogP contribution in [0.25, 0.3) is 0 Å². The quantitative estimate of drug-likeness (QED) is 0.784. The summed E-state index contributed by atoms with van der Waals surface area (Å²) in [6.45, 7) is 3.76. The fourth-order valence-corrected chi connectivity index (χ4v) is 2.92. The summed E-state index contributed by atoms with van der Waals surface area (Å²) < 4.78 is 4.94. The van der Waals surface area contributed by atoms with Gasteiger partial charge in [-0.25, -0.2) is 4.79 Å². The van der Waals surface area contributed by atoms with Crippen molar-refractivity contribution in [3.8, 4) is 0 Å². The van der Waals surface area contributed by atoms with Crippen LogP contribution in [-0.4, -0.2) is 65.7 Å². The molecule has 1 N–H and O–H groups in total. The van der Waals surface area contributed by atoms with Gasteiger partial charge in [-0.2, -0.15) is 0 Å². The number of carbonyl (C=O) groups excluding carboxylic acids is 2. The predicted octanol–water partition coefficient (Wildman–Crippen LogP) is 0.954. The average Bonchev–Trinajstić information content (AvgIpc) is 2.54. The number of carbonyl (C=O) groups is 3. The predicted molar refractivity (Wildman–Crippen MR) is 78.2 cm³/mol. The topological polar surface area (TPSA) is 87.2 Å². The highest BCUT2D eigenvalue weighted by atomic mass is 16.6. The van der Waals surface area contributed by atoms with Gasteiger partial charge in [0, 0.05) is 26.2 Å². The molecule has 0 bridgehead atoms. The number of aliphatic carboxylic acids is 1. The second-order valence-corrected chi connectivity index (χ2v) is 5.51. The van der Waals surface area contributed by atoms with E-state index in [1.165, 1.54) is 0 Å². The first kappa shape index (κ1) is 16.3. The van der Waals surface area contributed by atoms with E-state index in [4.69, 9.17) is 4.74 Å². The number of rotatable bonds is 3. The first-order valence-electron chi connectivity index (χ1n) is 7.63. The lowest BCUT2D eigenvalue weighted by atomic mass is 9.82. The van der Waals surface area contributed by atoms with E-state index in [0.717, 1.165) is 0 Å². The SMILES string of the molecule is CCOC(=O)N1CCN(C(=O)C2CC=CCC2C(=O)O)CC1. The molecule has 0 aromatic rings. The molecule has 0 radical (unpaired) electrons. The molecule has 22 heavy (non-hydrogen) atoms. The third kappa shape index (κ3) is 3.58. The van der Waals surface area contributed by atoms with Gasteiger partial charge in [0.2, 0.25) is 5.91 Å². The molecule has 0 aromatic carbocycles. The Labute approximate surface area is 129 Å². The molecule has 2 amide bonds. The Morgan fingerprint density at radius 2 is 1.59 bits per heavy atom. The summed E-state index contributed by atoms with van der Waals surface area (Å²) >= 11 is 0. The van der Waals surface area contributed by atoms with Gasteiger partial charge in [-0.15, -0.1) is 0 Å². The van der Waals surface area contributed by atoms with E-state index in [2.05, 4.69) is 0 Å². The molecule has 7 nitrogen and oxygen atoms in total. The van der Waals surface area contributed by atoms with Crippen molar-refractivity contribution in [3.05, 3.63) is 12.2 Å². The molecule has 122 valence electrons. The molecule has 2 aliphatic rings. The minimum Gasteiger partial charge on any atom is -0.481 e. The van der Waals surface area contributed by atoms with Gasteiger partial charge in [-0.05, 0) is 19.8 Å². The zero-order chi connectivity index (χ0) is 16.1. The van der Waals surface area contributed by atoms with Gasteiger partial charge in [0.15, 0.2) is 0 Å². The molecule has 1 fully saturated rings. The van der Waals surface area contributed by atoms with Gasteiger partial charge in [0.25, 0.3) is 0 Å². The Morgan fingerprint density at radius 3 is 2.14 bits per heavy atom. The van der Waals surface area contributed by atoms with Crippen LogP contribution in [0.5, 0.6) is 0 Å². The number of hydrogen-bond acceptors (Lipinski definition) is 4. The van der Waals surface area contributed by atoms with Crippen molar-refractivity contribution in [1.29, 1.82) is 0 Å². The highest BCUT2D eigenvalue weighted by Gasteiger charge is 2.37. The summed E-state index contributed by atoms with van der Waals surface area (Å²) in [6, 6.07) is 0. The van der Waals surface area contributed by atoms with Crippen molar-refractivity contribution in [3.63, 3.8) is 0 Å². The van der Waals surface area contributed by atoms with Crippen molar-refractivity contribution in [2.75, 3.05) is 32.8 Å². The maximum Gasteiger partial charge on any atom is 0.409 e. The summed E-state index contributed by atoms with van der Waals surface area (Å²) in [5, 5.41) is 9.26. The van der Waals surface area contributed by atoms with E-state index in [-0.39, 0.29) is 12.0 Å². The van der Waals surface area contributed by atoms with Crippen molar-refractivity contribution in [2.24, 2.45) is 11.8 Å². The maximum absolute atomic E-state index is 12.6. The van der Waals surface area contributed by atoms with Crippen molar-refractivity contribution in [1.82, 2.24) is 9.80 Å². The fraction of sp³-hybridized carbons (Fsp3) is 0.667. The second-order valence-electron chi connectivity index (χ2n) is 5.51. The number of allylic oxidation sites excluding steroid dienone is 2. The first-order valence-corrected chi connectivity index (χ1v) is 7.63. The molecule has 2 rings (SSSR count). The van der Waals surface area contributed by atoms with Crippen molar-refractivity contribution < 1.29 is 24.2 Å². The van der Waals surface area contributed by atoms with Crippen LogP contribution in [-0.2, 0) is 14.3 Å². The summed E-state index contributed by atoms with van der Waals surface area (Å²) in [7, 11) is 0. The molecule has 2 atom stereocenters. The van der Waals surface area contributed by atoms with Crippen LogP contribution in [0, 0.1) is 11.8 Å². The summed E-state index contributed by atoms with van der Waals surface area (Å²) in [6.07, 6.45) is 4.19. The molecule has 0 aromatic heterocycles. The molecule has 1 heterocycles. The van der Waals surface area contributed by atoms with Gasteiger partial charge >= 0.3 is 12.1 Å². The van der Waals surface area contributed by atoms with Crippen LogP contribution in [0.4, 0.5) is 4.79 Å². The van der Waals surface area contributed by atoms with Crippen molar-refractivity contribution >= 4 is 18.0 Å². The average molecular weight is 310 g/mol. The second kappa shape index (κ2) is 7.29. The number of carboxylic acids is 1. The van der Waals surface area contributed by atoms with Crippen LogP contribution >= 0.6 is 0 Å². The molecule has 1 saturated heterocycles. The molecule has 1 aliphatic carbocycles. The van der Waals surface area contributed by atoms with Gasteiger partial charge in [-0.1, -0.05) is 12.2 Å². The largest absolute Gasteiger partial charge is 0.481 e. The highest BCUT2D eigenvalue weighted by Crippen LogP contribution is 2.28. The van der Waals surface area contributed by atoms with E-state index in [0.29, 0.717) is 45.6 Å². The number of hydrogen-bond donors (Lipinski definition) is 1. The van der Waals surface area contributed by atoms with Gasteiger partial charge in [0.05, 0.1) is 18.4 Å². The number of ether oxygens (including phenoxy) is 1. The Balaban J connectivity index is 1.93. The molecule has 2 unspecified atom stereocenters.